The number of nitrogens with zero attached hydrogens (tertiary/aromatic N) is 6. The molecule has 0 spiro atoms. The highest BCUT2D eigenvalue weighted by molar-refractivity contribution is 7.99. The largest absolute Gasteiger partial charge is 0.492 e. The second-order valence-corrected chi connectivity index (χ2v) is 9.47. The van der Waals surface area contributed by atoms with Gasteiger partial charge in [0.15, 0.2) is 0 Å². The van der Waals surface area contributed by atoms with Crippen LogP contribution in [0.3, 0.4) is 0 Å². The van der Waals surface area contributed by atoms with Gasteiger partial charge in [0.05, 0.1) is 23.7 Å². The van der Waals surface area contributed by atoms with Crippen molar-refractivity contribution in [1.29, 1.82) is 0 Å². The van der Waals surface area contributed by atoms with Crippen molar-refractivity contribution in [2.24, 2.45) is 0 Å². The standard InChI is InChI=1S/C24H27N7O2S/c1-5-33-19-14-10-9-13-18(19)31-23(26-28-29-31)34-16-22(32)25-21-15-20(24(2,3)4)27-30(21)17-11-7-6-8-12-17/h6-15H,5,16H2,1-4H3,(H,25,32). The van der Waals surface area contributed by atoms with Crippen LogP contribution in [0.2, 0.25) is 0 Å². The van der Waals surface area contributed by atoms with Crippen molar-refractivity contribution < 1.29 is 9.53 Å². The normalized spacial score (nSPS) is 11.4. The first-order valence-corrected chi connectivity index (χ1v) is 11.9. The number of nitrogens with one attached hydrogen (secondary N) is 1. The van der Waals surface area contributed by atoms with Gasteiger partial charge in [-0.15, -0.1) is 5.10 Å². The van der Waals surface area contributed by atoms with Gasteiger partial charge >= 0.3 is 0 Å². The summed E-state index contributed by atoms with van der Waals surface area (Å²) >= 11 is 1.25. The smallest absolute Gasteiger partial charge is 0.236 e. The van der Waals surface area contributed by atoms with Gasteiger partial charge in [-0.2, -0.15) is 9.78 Å². The zero-order valence-electron chi connectivity index (χ0n) is 19.6. The molecular formula is C24H27N7O2S. The van der Waals surface area contributed by atoms with Gasteiger partial charge in [-0.05, 0) is 41.6 Å². The maximum absolute atomic E-state index is 12.9. The van der Waals surface area contributed by atoms with E-state index in [0.717, 1.165) is 11.4 Å². The fourth-order valence-corrected chi connectivity index (χ4v) is 3.93. The summed E-state index contributed by atoms with van der Waals surface area (Å²) in [6.07, 6.45) is 0. The van der Waals surface area contributed by atoms with Crippen LogP contribution in [-0.2, 0) is 10.2 Å². The molecule has 2 aromatic carbocycles. The van der Waals surface area contributed by atoms with Crippen molar-refractivity contribution >= 4 is 23.5 Å². The maximum Gasteiger partial charge on any atom is 0.236 e. The van der Waals surface area contributed by atoms with Gasteiger partial charge in [0.2, 0.25) is 11.1 Å². The molecule has 0 aliphatic carbocycles. The number of aromatic nitrogens is 6. The minimum Gasteiger partial charge on any atom is -0.492 e. The molecule has 176 valence electrons. The Morgan fingerprint density at radius 1 is 1.06 bits per heavy atom. The number of carbonyl (C=O) groups excluding carboxylic acids is 1. The molecule has 0 radical (unpaired) electrons. The lowest BCUT2D eigenvalue weighted by molar-refractivity contribution is -0.113. The number of amides is 1. The van der Waals surface area contributed by atoms with Gasteiger partial charge in [0, 0.05) is 11.5 Å². The van der Waals surface area contributed by atoms with Crippen molar-refractivity contribution in [2.75, 3.05) is 17.7 Å². The topological polar surface area (TPSA) is 99.8 Å². The van der Waals surface area contributed by atoms with Crippen molar-refractivity contribution in [3.8, 4) is 17.1 Å². The average Bonchev–Trinajstić information content (AvgIpc) is 3.46. The van der Waals surface area contributed by atoms with Crippen LogP contribution in [0.4, 0.5) is 5.82 Å². The van der Waals surface area contributed by atoms with Gasteiger partial charge in [0.25, 0.3) is 0 Å². The predicted molar refractivity (Wildman–Crippen MR) is 132 cm³/mol. The molecule has 10 heteroatoms. The Morgan fingerprint density at radius 2 is 1.79 bits per heavy atom. The molecule has 0 bridgehead atoms. The number of benzene rings is 2. The minimum absolute atomic E-state index is 0.127. The molecule has 2 aromatic heterocycles. The van der Waals surface area contributed by atoms with E-state index in [4.69, 9.17) is 9.84 Å². The summed E-state index contributed by atoms with van der Waals surface area (Å²) in [7, 11) is 0. The number of hydrogen-bond donors (Lipinski definition) is 1. The first-order valence-electron chi connectivity index (χ1n) is 11.0. The van der Waals surface area contributed by atoms with Gasteiger partial charge in [-0.25, -0.2) is 4.68 Å². The molecule has 2 heterocycles. The molecule has 0 aliphatic rings. The molecule has 0 fully saturated rings. The summed E-state index contributed by atoms with van der Waals surface area (Å²) in [6, 6.07) is 19.2. The van der Waals surface area contributed by atoms with Crippen molar-refractivity contribution in [3.63, 3.8) is 0 Å². The molecule has 1 amide bonds. The molecule has 0 atom stereocenters. The highest BCUT2D eigenvalue weighted by Crippen LogP contribution is 2.28. The van der Waals surface area contributed by atoms with E-state index in [1.165, 1.54) is 11.8 Å². The monoisotopic (exact) mass is 477 g/mol. The second kappa shape index (κ2) is 10.1. The molecule has 4 rings (SSSR count). The van der Waals surface area contributed by atoms with Crippen LogP contribution in [0.5, 0.6) is 5.75 Å². The first-order chi connectivity index (χ1) is 16.4. The molecule has 1 N–H and O–H groups in total. The van der Waals surface area contributed by atoms with Gasteiger partial charge < -0.3 is 10.1 Å². The summed E-state index contributed by atoms with van der Waals surface area (Å²) in [6.45, 7) is 8.71. The number of para-hydroxylation sites is 3. The van der Waals surface area contributed by atoms with Crippen LogP contribution < -0.4 is 10.1 Å². The third-order valence-corrected chi connectivity index (χ3v) is 5.83. The fraction of sp³-hybridized carbons (Fsp3) is 0.292. The highest BCUT2D eigenvalue weighted by Gasteiger charge is 2.22. The molecule has 0 saturated heterocycles. The van der Waals surface area contributed by atoms with Gasteiger partial charge in [0.1, 0.15) is 17.3 Å². The van der Waals surface area contributed by atoms with Crippen LogP contribution in [0.25, 0.3) is 11.4 Å². The summed E-state index contributed by atoms with van der Waals surface area (Å²) in [5, 5.41) is 20.2. The van der Waals surface area contributed by atoms with Crippen LogP contribution in [0.15, 0.2) is 65.8 Å². The van der Waals surface area contributed by atoms with Gasteiger partial charge in [-0.3, -0.25) is 4.79 Å². The van der Waals surface area contributed by atoms with E-state index in [1.54, 1.807) is 9.36 Å². The number of thioether (sulfide) groups is 1. The third kappa shape index (κ3) is 5.28. The first kappa shape index (κ1) is 23.5. The summed E-state index contributed by atoms with van der Waals surface area (Å²) in [5.74, 6) is 1.23. The van der Waals surface area contributed by atoms with Crippen LogP contribution >= 0.6 is 11.8 Å². The minimum atomic E-state index is -0.185. The Hall–Kier alpha value is -3.66. The Labute approximate surface area is 202 Å². The number of rotatable bonds is 8. The SMILES string of the molecule is CCOc1ccccc1-n1nnnc1SCC(=O)Nc1cc(C(C)(C)C)nn1-c1ccccc1. The Kier molecular flexibility index (Phi) is 6.97. The van der Waals surface area contributed by atoms with E-state index < -0.39 is 0 Å². The van der Waals surface area contributed by atoms with E-state index in [2.05, 4.69) is 41.6 Å². The van der Waals surface area contributed by atoms with E-state index in [0.29, 0.717) is 29.0 Å². The fourth-order valence-electron chi connectivity index (χ4n) is 3.24. The summed E-state index contributed by atoms with van der Waals surface area (Å²) < 4.78 is 9.02. The molecule has 0 unspecified atom stereocenters. The average molecular weight is 478 g/mol. The molecule has 0 aliphatic heterocycles. The number of ether oxygens (including phenoxy) is 1. The molecule has 34 heavy (non-hydrogen) atoms. The lowest BCUT2D eigenvalue weighted by atomic mass is 9.92. The Bertz CT molecular complexity index is 1260. The quantitative estimate of drug-likeness (QED) is 0.378. The zero-order chi connectivity index (χ0) is 24.1. The number of tetrazole rings is 1. The Morgan fingerprint density at radius 3 is 2.53 bits per heavy atom. The number of hydrogen-bond acceptors (Lipinski definition) is 7. The van der Waals surface area contributed by atoms with Gasteiger partial charge in [-0.1, -0.05) is 62.9 Å². The molecule has 0 saturated carbocycles. The van der Waals surface area contributed by atoms with E-state index in [9.17, 15) is 4.79 Å². The predicted octanol–water partition coefficient (Wildman–Crippen LogP) is 4.28. The number of anilines is 1. The van der Waals surface area contributed by atoms with Crippen molar-refractivity contribution in [2.45, 2.75) is 38.3 Å². The number of carbonyl (C=O) groups is 1. The molecule has 9 nitrogen and oxygen atoms in total. The summed E-state index contributed by atoms with van der Waals surface area (Å²) in [4.78, 5) is 12.9. The van der Waals surface area contributed by atoms with E-state index in [1.807, 2.05) is 67.6 Å². The van der Waals surface area contributed by atoms with Crippen LogP contribution in [0, 0.1) is 0 Å². The third-order valence-electron chi connectivity index (χ3n) is 4.91. The van der Waals surface area contributed by atoms with Crippen molar-refractivity contribution in [1.82, 2.24) is 30.0 Å². The maximum atomic E-state index is 12.9. The summed E-state index contributed by atoms with van der Waals surface area (Å²) in [5.41, 5.74) is 2.31. The second-order valence-electron chi connectivity index (χ2n) is 8.52. The lowest BCUT2D eigenvalue weighted by Gasteiger charge is -2.14. The molecule has 4 aromatic rings. The van der Waals surface area contributed by atoms with Crippen LogP contribution in [-0.4, -0.2) is 48.3 Å². The van der Waals surface area contributed by atoms with Crippen molar-refractivity contribution in [3.05, 3.63) is 66.4 Å². The Balaban J connectivity index is 1.51. The van der Waals surface area contributed by atoms with E-state index in [-0.39, 0.29) is 17.1 Å². The van der Waals surface area contributed by atoms with E-state index >= 15 is 0 Å². The zero-order valence-corrected chi connectivity index (χ0v) is 20.4. The highest BCUT2D eigenvalue weighted by atomic mass is 32.2. The lowest BCUT2D eigenvalue weighted by Crippen LogP contribution is -2.17. The van der Waals surface area contributed by atoms with Crippen LogP contribution in [0.1, 0.15) is 33.4 Å². The molecular weight excluding hydrogens is 450 g/mol.